The molecule has 7 heteroatoms. The Kier molecular flexibility index (Phi) is 3.77. The number of amides is 1. The molecule has 0 saturated carbocycles. The molecule has 0 fully saturated rings. The summed E-state index contributed by atoms with van der Waals surface area (Å²) in [4.78, 5) is 32.4. The molecule has 1 amide bonds. The first-order chi connectivity index (χ1) is 14.1. The van der Waals surface area contributed by atoms with Gasteiger partial charge in [0.1, 0.15) is 17.4 Å². The molecule has 0 radical (unpaired) electrons. The number of Topliss-reactive ketones (excluding diaryl/α,β-unsaturated/α-hetero) is 1. The predicted molar refractivity (Wildman–Crippen MR) is 104 cm³/mol. The molecule has 2 aromatic carbocycles. The van der Waals surface area contributed by atoms with E-state index >= 15 is 0 Å². The molecule has 0 unspecified atom stereocenters. The highest BCUT2D eigenvalue weighted by atomic mass is 16.7. The minimum absolute atomic E-state index is 0.137. The number of hydrogen-bond acceptors (Lipinski definition) is 6. The van der Waals surface area contributed by atoms with E-state index < -0.39 is 17.4 Å². The summed E-state index contributed by atoms with van der Waals surface area (Å²) in [6.45, 7) is 0. The van der Waals surface area contributed by atoms with E-state index in [0.717, 1.165) is 0 Å². The third-order valence-electron chi connectivity index (χ3n) is 5.29. The van der Waals surface area contributed by atoms with Crippen LogP contribution in [0.1, 0.15) is 21.7 Å². The van der Waals surface area contributed by atoms with Gasteiger partial charge in [0.15, 0.2) is 5.76 Å². The summed E-state index contributed by atoms with van der Waals surface area (Å²) in [6, 6.07) is 17.4. The van der Waals surface area contributed by atoms with Crippen LogP contribution in [0.15, 0.2) is 76.5 Å². The van der Waals surface area contributed by atoms with Crippen LogP contribution >= 0.6 is 0 Å². The lowest BCUT2D eigenvalue weighted by molar-refractivity contribution is -0.140. The molecule has 29 heavy (non-hydrogen) atoms. The van der Waals surface area contributed by atoms with Gasteiger partial charge in [0.05, 0.1) is 13.4 Å². The number of hydrogen-bond donors (Lipinski definition) is 1. The van der Waals surface area contributed by atoms with Crippen molar-refractivity contribution in [1.82, 2.24) is 0 Å². The molecule has 0 aliphatic carbocycles. The topological polar surface area (TPSA) is 90.1 Å². The Morgan fingerprint density at radius 2 is 1.90 bits per heavy atom. The van der Waals surface area contributed by atoms with Gasteiger partial charge in [-0.25, -0.2) is 0 Å². The molecule has 1 aromatic heterocycles. The van der Waals surface area contributed by atoms with Crippen molar-refractivity contribution < 1.29 is 23.6 Å². The zero-order valence-corrected chi connectivity index (χ0v) is 15.4. The van der Waals surface area contributed by atoms with Crippen LogP contribution < -0.4 is 10.1 Å². The predicted octanol–water partition coefficient (Wildman–Crippen LogP) is 3.37. The molecule has 1 spiro atoms. The van der Waals surface area contributed by atoms with Crippen molar-refractivity contribution in [3.63, 3.8) is 0 Å². The van der Waals surface area contributed by atoms with Crippen molar-refractivity contribution >= 4 is 23.1 Å². The maximum atomic E-state index is 13.5. The number of ether oxygens (including phenoxy) is 1. The second-order valence-electron chi connectivity index (χ2n) is 6.81. The number of carbonyl (C=O) groups excluding carboxylic acids is 2. The van der Waals surface area contributed by atoms with E-state index in [9.17, 15) is 9.59 Å². The summed E-state index contributed by atoms with van der Waals surface area (Å²) in [5, 5.41) is 7.02. The number of nitrogens with zero attached hydrogens (tertiary/aromatic N) is 1. The first kappa shape index (κ1) is 17.2. The number of rotatable bonds is 4. The van der Waals surface area contributed by atoms with Crippen molar-refractivity contribution in [3.8, 4) is 5.75 Å². The summed E-state index contributed by atoms with van der Waals surface area (Å²) in [6.07, 6.45) is 1.42. The average molecular weight is 388 g/mol. The second kappa shape index (κ2) is 6.34. The van der Waals surface area contributed by atoms with E-state index in [1.165, 1.54) is 6.26 Å². The van der Waals surface area contributed by atoms with Crippen LogP contribution in [-0.2, 0) is 15.2 Å². The molecule has 0 saturated heterocycles. The van der Waals surface area contributed by atoms with E-state index in [0.29, 0.717) is 28.3 Å². The summed E-state index contributed by atoms with van der Waals surface area (Å²) in [7, 11) is 1.57. The fraction of sp³-hybridized carbons (Fsp3) is 0.136. The highest BCUT2D eigenvalue weighted by Gasteiger charge is 2.63. The van der Waals surface area contributed by atoms with Crippen molar-refractivity contribution in [1.29, 1.82) is 0 Å². The summed E-state index contributed by atoms with van der Waals surface area (Å²) in [5.41, 5.74) is 0.601. The van der Waals surface area contributed by atoms with E-state index in [1.54, 1.807) is 61.7 Å². The Morgan fingerprint density at radius 1 is 1.10 bits per heavy atom. The molecule has 2 atom stereocenters. The normalized spacial score (nSPS) is 22.0. The van der Waals surface area contributed by atoms with Crippen molar-refractivity contribution in [2.75, 3.05) is 12.4 Å². The minimum Gasteiger partial charge on any atom is -0.497 e. The lowest BCUT2D eigenvalue weighted by Gasteiger charge is -2.26. The number of fused-ring (bicyclic) bond motifs is 2. The summed E-state index contributed by atoms with van der Waals surface area (Å²) in [5.74, 6) is -1.02. The molecule has 0 bridgehead atoms. The third kappa shape index (κ3) is 2.40. The number of nitrogens with one attached hydrogen (secondary N) is 1. The Bertz CT molecular complexity index is 1130. The van der Waals surface area contributed by atoms with Crippen LogP contribution in [0, 0.1) is 5.92 Å². The fourth-order valence-corrected chi connectivity index (χ4v) is 3.90. The standard InChI is InChI=1S/C22H16N2O5/c1-27-14-10-8-13(9-11-14)19-18(20(25)17-7-4-12-28-17)22(29-24-19)15-5-2-3-6-16(15)23-21(22)26/h2-12,18H,1H3,(H,23,26)/t18-,22+/m1/s1. The van der Waals surface area contributed by atoms with E-state index in [2.05, 4.69) is 10.5 Å². The Hall–Kier alpha value is -3.87. The number of methoxy groups -OCH3 is 1. The van der Waals surface area contributed by atoms with Crippen LogP contribution in [-0.4, -0.2) is 24.5 Å². The number of para-hydroxylation sites is 1. The maximum absolute atomic E-state index is 13.5. The molecular weight excluding hydrogens is 372 g/mol. The van der Waals surface area contributed by atoms with Crippen LogP contribution in [0.25, 0.3) is 0 Å². The zero-order valence-electron chi connectivity index (χ0n) is 15.4. The number of carbonyl (C=O) groups is 2. The molecule has 2 aliphatic rings. The smallest absolute Gasteiger partial charge is 0.277 e. The van der Waals surface area contributed by atoms with Crippen LogP contribution in [0.5, 0.6) is 5.75 Å². The number of furan rings is 1. The number of oxime groups is 1. The van der Waals surface area contributed by atoms with Crippen LogP contribution in [0.2, 0.25) is 0 Å². The average Bonchev–Trinajstić information content (AvgIpc) is 3.48. The third-order valence-corrected chi connectivity index (χ3v) is 5.29. The zero-order chi connectivity index (χ0) is 20.0. The van der Waals surface area contributed by atoms with E-state index in [1.807, 2.05) is 6.07 Å². The van der Waals surface area contributed by atoms with Crippen LogP contribution in [0.3, 0.4) is 0 Å². The summed E-state index contributed by atoms with van der Waals surface area (Å²) < 4.78 is 10.5. The monoisotopic (exact) mass is 388 g/mol. The van der Waals surface area contributed by atoms with Gasteiger partial charge in [-0.2, -0.15) is 0 Å². The molecule has 2 aliphatic heterocycles. The second-order valence-corrected chi connectivity index (χ2v) is 6.81. The van der Waals surface area contributed by atoms with Gasteiger partial charge in [0.25, 0.3) is 11.5 Å². The van der Waals surface area contributed by atoms with Crippen molar-refractivity contribution in [2.45, 2.75) is 5.60 Å². The van der Waals surface area contributed by atoms with Crippen LogP contribution in [0.4, 0.5) is 5.69 Å². The van der Waals surface area contributed by atoms with Gasteiger partial charge in [-0.05, 0) is 42.5 Å². The van der Waals surface area contributed by atoms with Gasteiger partial charge in [0, 0.05) is 16.8 Å². The molecule has 3 heterocycles. The molecule has 3 aromatic rings. The lowest BCUT2D eigenvalue weighted by atomic mass is 9.75. The van der Waals surface area contributed by atoms with Gasteiger partial charge in [-0.3, -0.25) is 9.59 Å². The molecular formula is C22H16N2O5. The van der Waals surface area contributed by atoms with Crippen molar-refractivity contribution in [3.05, 3.63) is 83.8 Å². The quantitative estimate of drug-likeness (QED) is 0.692. The lowest BCUT2D eigenvalue weighted by Crippen LogP contribution is -2.46. The first-order valence-electron chi connectivity index (χ1n) is 9.04. The number of benzene rings is 2. The van der Waals surface area contributed by atoms with Gasteiger partial charge in [-0.1, -0.05) is 23.4 Å². The fourth-order valence-electron chi connectivity index (χ4n) is 3.90. The Balaban J connectivity index is 1.67. The highest BCUT2D eigenvalue weighted by Crippen LogP contribution is 2.49. The number of ketones is 1. The van der Waals surface area contributed by atoms with Gasteiger partial charge in [0.2, 0.25) is 5.78 Å². The van der Waals surface area contributed by atoms with Crippen molar-refractivity contribution in [2.24, 2.45) is 11.1 Å². The number of anilines is 1. The maximum Gasteiger partial charge on any atom is 0.277 e. The largest absolute Gasteiger partial charge is 0.497 e. The minimum atomic E-state index is -1.59. The van der Waals surface area contributed by atoms with Gasteiger partial charge >= 0.3 is 0 Å². The SMILES string of the molecule is COc1ccc(C2=NO[C@]3(C(=O)Nc4ccccc43)[C@H]2C(=O)c2ccco2)cc1. The molecule has 1 N–H and O–H groups in total. The molecule has 7 nitrogen and oxygen atoms in total. The Labute approximate surface area is 165 Å². The summed E-state index contributed by atoms with van der Waals surface area (Å²) >= 11 is 0. The highest BCUT2D eigenvalue weighted by molar-refractivity contribution is 6.24. The van der Waals surface area contributed by atoms with E-state index in [4.69, 9.17) is 14.0 Å². The Morgan fingerprint density at radius 3 is 2.62 bits per heavy atom. The van der Waals surface area contributed by atoms with E-state index in [-0.39, 0.29) is 11.5 Å². The molecule has 5 rings (SSSR count). The van der Waals surface area contributed by atoms with Gasteiger partial charge < -0.3 is 19.3 Å². The first-order valence-corrected chi connectivity index (χ1v) is 9.04. The van der Waals surface area contributed by atoms with Gasteiger partial charge in [-0.15, -0.1) is 0 Å². The molecule has 144 valence electrons.